The molecule has 3 rings (SSSR count). The molecule has 1 aliphatic carbocycles. The molecule has 80 valence electrons. The first kappa shape index (κ1) is 9.55. The number of hydrogen-bond acceptors (Lipinski definition) is 2. The number of fused-ring (bicyclic) bond motifs is 3. The van der Waals surface area contributed by atoms with Gasteiger partial charge in [-0.15, -0.1) is 0 Å². The van der Waals surface area contributed by atoms with E-state index in [1.54, 1.807) is 0 Å². The van der Waals surface area contributed by atoms with Crippen LogP contribution in [0.1, 0.15) is 23.6 Å². The van der Waals surface area contributed by atoms with Gasteiger partial charge in [-0.3, -0.25) is 4.21 Å². The van der Waals surface area contributed by atoms with Gasteiger partial charge in [0.2, 0.25) is 0 Å². The highest BCUT2D eigenvalue weighted by molar-refractivity contribution is 7.85. The summed E-state index contributed by atoms with van der Waals surface area (Å²) in [5.74, 6) is 0.823. The second kappa shape index (κ2) is 3.72. The fourth-order valence-electron chi connectivity index (χ4n) is 2.72. The molecule has 15 heavy (non-hydrogen) atoms. The summed E-state index contributed by atoms with van der Waals surface area (Å²) in [4.78, 5) is 0. The van der Waals surface area contributed by atoms with E-state index >= 15 is 0 Å². The number of aryl methyl sites for hydroxylation is 1. The van der Waals surface area contributed by atoms with Crippen LogP contribution in [-0.2, 0) is 17.2 Å². The third-order valence-electron chi connectivity index (χ3n) is 3.47. The van der Waals surface area contributed by atoms with Crippen molar-refractivity contribution in [2.24, 2.45) is 0 Å². The van der Waals surface area contributed by atoms with Crippen LogP contribution in [-0.4, -0.2) is 21.8 Å². The molecule has 1 heterocycles. The van der Waals surface area contributed by atoms with Gasteiger partial charge < -0.3 is 5.32 Å². The van der Waals surface area contributed by atoms with E-state index in [0.29, 0.717) is 11.3 Å². The minimum atomic E-state index is -0.626. The summed E-state index contributed by atoms with van der Waals surface area (Å²) in [5, 5.41) is 3.86. The number of nitrogens with one attached hydrogen (secondary N) is 1. The summed E-state index contributed by atoms with van der Waals surface area (Å²) in [5.41, 5.74) is 2.81. The van der Waals surface area contributed by atoms with E-state index in [-0.39, 0.29) is 0 Å². The third-order valence-corrected chi connectivity index (χ3v) is 5.26. The zero-order chi connectivity index (χ0) is 10.3. The van der Waals surface area contributed by atoms with Crippen molar-refractivity contribution in [3.63, 3.8) is 0 Å². The maximum atomic E-state index is 11.9. The first-order chi connectivity index (χ1) is 7.36. The van der Waals surface area contributed by atoms with Crippen LogP contribution in [0.15, 0.2) is 24.3 Å². The molecule has 2 aliphatic rings. The Hall–Kier alpha value is -0.670. The lowest BCUT2D eigenvalue weighted by atomic mass is 9.87. The Morgan fingerprint density at radius 2 is 2.20 bits per heavy atom. The fraction of sp³-hybridized carbons (Fsp3) is 0.500. The summed E-state index contributed by atoms with van der Waals surface area (Å²) >= 11 is 0. The summed E-state index contributed by atoms with van der Waals surface area (Å²) < 4.78 is 11.9. The second-order valence-electron chi connectivity index (χ2n) is 4.29. The Kier molecular flexibility index (Phi) is 2.37. The van der Waals surface area contributed by atoms with Crippen molar-refractivity contribution >= 4 is 10.8 Å². The first-order valence-electron chi connectivity index (χ1n) is 5.54. The van der Waals surface area contributed by atoms with Gasteiger partial charge in [-0.1, -0.05) is 24.3 Å². The minimum Gasteiger partial charge on any atom is -0.308 e. The molecule has 0 aromatic heterocycles. The molecule has 2 nitrogen and oxygen atoms in total. The van der Waals surface area contributed by atoms with Crippen LogP contribution in [0.4, 0.5) is 0 Å². The Morgan fingerprint density at radius 3 is 3.13 bits per heavy atom. The largest absolute Gasteiger partial charge is 0.308 e. The van der Waals surface area contributed by atoms with E-state index in [2.05, 4.69) is 29.6 Å². The van der Waals surface area contributed by atoms with Crippen LogP contribution >= 0.6 is 0 Å². The van der Waals surface area contributed by atoms with Crippen LogP contribution in [0, 0.1) is 0 Å². The quantitative estimate of drug-likeness (QED) is 0.717. The van der Waals surface area contributed by atoms with Gasteiger partial charge >= 0.3 is 0 Å². The van der Waals surface area contributed by atoms with Crippen molar-refractivity contribution < 1.29 is 4.21 Å². The van der Waals surface area contributed by atoms with Gasteiger partial charge in [-0.05, 0) is 24.0 Å². The molecule has 1 aliphatic heterocycles. The van der Waals surface area contributed by atoms with Crippen LogP contribution in [0.25, 0.3) is 0 Å². The Labute approximate surface area is 92.5 Å². The van der Waals surface area contributed by atoms with E-state index in [0.717, 1.165) is 25.1 Å². The molecule has 3 unspecified atom stereocenters. The Balaban J connectivity index is 2.02. The van der Waals surface area contributed by atoms with E-state index in [4.69, 9.17) is 0 Å². The van der Waals surface area contributed by atoms with Gasteiger partial charge in [-0.2, -0.15) is 0 Å². The summed E-state index contributed by atoms with van der Waals surface area (Å²) in [6.07, 6.45) is 2.16. The monoisotopic (exact) mass is 221 g/mol. The smallest absolute Gasteiger partial charge is 0.0546 e. The predicted octanol–water partition coefficient (Wildman–Crippen LogP) is 1.39. The highest BCUT2D eigenvalue weighted by atomic mass is 32.2. The molecule has 1 fully saturated rings. The average molecular weight is 221 g/mol. The standard InChI is InChI=1S/C12H15NOS/c14-15-8-7-13-12-10-4-2-1-3-9(10)5-6-11(12)15/h1-4,11-13H,5-8H2. The first-order valence-corrected chi connectivity index (χ1v) is 6.93. The van der Waals surface area contributed by atoms with Crippen molar-refractivity contribution in [1.82, 2.24) is 5.32 Å². The lowest BCUT2D eigenvalue weighted by Crippen LogP contribution is -2.46. The third kappa shape index (κ3) is 1.54. The lowest BCUT2D eigenvalue weighted by Gasteiger charge is -2.37. The molecule has 0 bridgehead atoms. The topological polar surface area (TPSA) is 29.1 Å². The normalized spacial score (nSPS) is 34.3. The average Bonchev–Trinajstić information content (AvgIpc) is 2.29. The highest BCUT2D eigenvalue weighted by Gasteiger charge is 2.35. The Morgan fingerprint density at radius 1 is 1.33 bits per heavy atom. The van der Waals surface area contributed by atoms with Gasteiger partial charge in [0.1, 0.15) is 0 Å². The number of rotatable bonds is 0. The van der Waals surface area contributed by atoms with E-state index < -0.39 is 10.8 Å². The van der Waals surface area contributed by atoms with E-state index in [1.807, 2.05) is 0 Å². The van der Waals surface area contributed by atoms with Gasteiger partial charge in [0.15, 0.2) is 0 Å². The van der Waals surface area contributed by atoms with Crippen LogP contribution in [0.3, 0.4) is 0 Å². The lowest BCUT2D eigenvalue weighted by molar-refractivity contribution is 0.457. The fourth-order valence-corrected chi connectivity index (χ4v) is 4.27. The van der Waals surface area contributed by atoms with Crippen molar-refractivity contribution in [3.8, 4) is 0 Å². The zero-order valence-corrected chi connectivity index (χ0v) is 9.43. The summed E-state index contributed by atoms with van der Waals surface area (Å²) in [7, 11) is -0.626. The molecule has 1 saturated heterocycles. The van der Waals surface area contributed by atoms with Gasteiger partial charge in [0, 0.05) is 29.1 Å². The molecule has 1 aromatic carbocycles. The predicted molar refractivity (Wildman–Crippen MR) is 62.3 cm³/mol. The number of hydrogen-bond donors (Lipinski definition) is 1. The molecular weight excluding hydrogens is 206 g/mol. The maximum Gasteiger partial charge on any atom is 0.0546 e. The molecule has 0 saturated carbocycles. The SMILES string of the molecule is O=S1CCNC2c3ccccc3CCC21. The number of benzene rings is 1. The van der Waals surface area contributed by atoms with Gasteiger partial charge in [0.05, 0.1) is 5.25 Å². The van der Waals surface area contributed by atoms with Gasteiger partial charge in [-0.25, -0.2) is 0 Å². The zero-order valence-electron chi connectivity index (χ0n) is 8.61. The summed E-state index contributed by atoms with van der Waals surface area (Å²) in [6.45, 7) is 0.891. The maximum absolute atomic E-state index is 11.9. The molecule has 0 amide bonds. The minimum absolute atomic E-state index is 0.338. The molecular formula is C12H15NOS. The van der Waals surface area contributed by atoms with Crippen LogP contribution in [0.5, 0.6) is 0 Å². The second-order valence-corrected chi connectivity index (χ2v) is 6.07. The molecule has 3 atom stereocenters. The molecule has 0 radical (unpaired) electrons. The van der Waals surface area contributed by atoms with E-state index in [9.17, 15) is 4.21 Å². The highest BCUT2D eigenvalue weighted by Crippen LogP contribution is 2.34. The molecule has 1 aromatic rings. The van der Waals surface area contributed by atoms with Crippen molar-refractivity contribution in [3.05, 3.63) is 35.4 Å². The Bertz CT molecular complexity index is 404. The van der Waals surface area contributed by atoms with Crippen molar-refractivity contribution in [2.45, 2.75) is 24.1 Å². The van der Waals surface area contributed by atoms with Crippen LogP contribution < -0.4 is 5.32 Å². The van der Waals surface area contributed by atoms with Gasteiger partial charge in [0.25, 0.3) is 0 Å². The van der Waals surface area contributed by atoms with E-state index in [1.165, 1.54) is 11.1 Å². The molecule has 1 N–H and O–H groups in total. The molecule has 3 heteroatoms. The van der Waals surface area contributed by atoms with Crippen molar-refractivity contribution in [1.29, 1.82) is 0 Å². The van der Waals surface area contributed by atoms with Crippen LogP contribution in [0.2, 0.25) is 0 Å². The summed E-state index contributed by atoms with van der Waals surface area (Å²) in [6, 6.07) is 8.90. The van der Waals surface area contributed by atoms with Crippen molar-refractivity contribution in [2.75, 3.05) is 12.3 Å². The molecule has 0 spiro atoms.